The number of fused-ring (bicyclic) bond motifs is 3. The fraction of sp³-hybridized carbons (Fsp3) is 0.557. The molecule has 2 saturated heterocycles. The van der Waals surface area contributed by atoms with Crippen LogP contribution in [-0.4, -0.2) is 118 Å². The average molecular weight is 1520 g/mol. The summed E-state index contributed by atoms with van der Waals surface area (Å²) in [7, 11) is 3.75. The van der Waals surface area contributed by atoms with Crippen molar-refractivity contribution in [2.45, 2.75) is 202 Å². The molecule has 0 aromatic heterocycles. The summed E-state index contributed by atoms with van der Waals surface area (Å²) in [6, 6.07) is 34.2. The minimum absolute atomic E-state index is 0. The topological polar surface area (TPSA) is 197 Å². The van der Waals surface area contributed by atoms with Crippen LogP contribution in [0.4, 0.5) is 4.79 Å². The first-order valence-corrected chi connectivity index (χ1v) is 35.1. The molecular formula is C79H113BN6O8U. The molecule has 2 aliphatic heterocycles. The molecule has 7 rings (SSSR count). The van der Waals surface area contributed by atoms with Gasteiger partial charge in [0.2, 0.25) is 23.6 Å². The number of unbranched alkanes of at least 4 members (excludes halogenated alkanes) is 2. The van der Waals surface area contributed by atoms with Gasteiger partial charge in [-0.15, -0.1) is 0 Å². The van der Waals surface area contributed by atoms with E-state index in [1.807, 2.05) is 119 Å². The number of hydrogen-bond donors (Lipinski definition) is 4. The van der Waals surface area contributed by atoms with Gasteiger partial charge in [-0.05, 0) is 167 Å². The number of nitrogens with one attached hydrogen (secondary N) is 3. The number of amides is 5. The molecule has 5 N–H and O–H groups in total. The van der Waals surface area contributed by atoms with Crippen molar-refractivity contribution in [2.75, 3.05) is 32.8 Å². The molecule has 3 aliphatic rings. The molecular weight excluding hydrogens is 1410 g/mol. The zero-order valence-electron chi connectivity index (χ0n) is 59.9. The van der Waals surface area contributed by atoms with Gasteiger partial charge in [0.15, 0.2) is 11.6 Å². The first-order chi connectivity index (χ1) is 45.6. The molecule has 2 radical (unpaired) electrons. The minimum atomic E-state index is -0.654. The number of nitrogens with two attached hydrogens (primary N) is 1. The van der Waals surface area contributed by atoms with Crippen molar-refractivity contribution in [1.82, 2.24) is 25.8 Å². The van der Waals surface area contributed by atoms with Gasteiger partial charge < -0.3 is 36.2 Å². The number of ether oxygens (including phenoxy) is 1. The first kappa shape index (κ1) is 79.6. The second-order valence-electron chi connectivity index (χ2n) is 28.2. The molecule has 0 bridgehead atoms. The van der Waals surface area contributed by atoms with Crippen LogP contribution in [0.25, 0.3) is 11.1 Å². The second-order valence-corrected chi connectivity index (χ2v) is 28.2. The summed E-state index contributed by atoms with van der Waals surface area (Å²) in [6.45, 7) is 23.5. The Bertz CT molecular complexity index is 3030. The Balaban J connectivity index is 0.000000420. The van der Waals surface area contributed by atoms with E-state index < -0.39 is 30.3 Å². The normalized spacial score (nSPS) is 17.1. The molecule has 0 spiro atoms. The maximum Gasteiger partial charge on any atom is 0.407 e. The number of rotatable bonds is 35. The number of alkyl carbamates (subject to hydrolysis) is 1. The van der Waals surface area contributed by atoms with Crippen LogP contribution < -0.4 is 21.7 Å². The zero-order valence-corrected chi connectivity index (χ0v) is 63.0. The molecule has 1 aliphatic carbocycles. The average Bonchev–Trinajstić information content (AvgIpc) is 1.63. The number of nitrogens with zero attached hydrogens (tertiary/aromatic N) is 2. The fourth-order valence-electron chi connectivity index (χ4n) is 13.6. The molecule has 4 aromatic rings. The van der Waals surface area contributed by atoms with E-state index in [0.717, 1.165) is 60.8 Å². The van der Waals surface area contributed by atoms with Gasteiger partial charge in [0, 0.05) is 77.9 Å². The number of carbonyl (C=O) groups excluding carboxylic acids is 7. The van der Waals surface area contributed by atoms with Crippen LogP contribution in [0.1, 0.15) is 187 Å². The van der Waals surface area contributed by atoms with Gasteiger partial charge in [-0.2, -0.15) is 0 Å². The van der Waals surface area contributed by atoms with E-state index in [2.05, 4.69) is 108 Å². The van der Waals surface area contributed by atoms with Crippen LogP contribution in [0.2, 0.25) is 0 Å². The van der Waals surface area contributed by atoms with Gasteiger partial charge in [-0.3, -0.25) is 28.8 Å². The zero-order chi connectivity index (χ0) is 69.4. The number of carbonyl (C=O) groups is 7. The SMILES string of the molecule is CC(C)CC(=O)[C@H](CCCCN)NC(=O)[C@@H]1CCCN1C(=O)[C@H](/C=C/[C@@H](C)CC(C)C)Cc1ccccc1.CC(C)CC(=O)[C@H](CCCCNC(=O)OCC1c2ccccc2-c2ccccc21)NC(=O)[C@@H]1CCCN1C(=O)[C@H](/C=C/[C@@H](C)CC(C)C)Cc1ccccc1.[2H][B].[U]. The molecule has 2 heterocycles. The van der Waals surface area contributed by atoms with E-state index in [1.165, 1.54) is 11.1 Å². The van der Waals surface area contributed by atoms with Crippen LogP contribution in [0.15, 0.2) is 133 Å². The third-order valence-electron chi connectivity index (χ3n) is 18.0. The summed E-state index contributed by atoms with van der Waals surface area (Å²) >= 11 is 0. The predicted molar refractivity (Wildman–Crippen MR) is 382 cm³/mol. The van der Waals surface area contributed by atoms with E-state index in [4.69, 9.17) is 11.8 Å². The van der Waals surface area contributed by atoms with Gasteiger partial charge in [0.1, 0.15) is 18.7 Å². The molecule has 514 valence electrons. The number of hydrogen-bond acceptors (Lipinski definition) is 9. The van der Waals surface area contributed by atoms with Crippen LogP contribution >= 0.6 is 0 Å². The Labute approximate surface area is 597 Å². The van der Waals surface area contributed by atoms with Crippen LogP contribution in [0.3, 0.4) is 0 Å². The predicted octanol–water partition coefficient (Wildman–Crippen LogP) is 13.5. The number of benzene rings is 4. The van der Waals surface area contributed by atoms with Crippen LogP contribution in [0.5, 0.6) is 0 Å². The Morgan fingerprint density at radius 1 is 0.547 bits per heavy atom. The van der Waals surface area contributed by atoms with Crippen LogP contribution in [0, 0.1) is 78.5 Å². The molecule has 4 aromatic carbocycles. The third kappa shape index (κ3) is 26.7. The summed E-state index contributed by atoms with van der Waals surface area (Å²) in [5.41, 5.74) is 12.5. The molecule has 95 heavy (non-hydrogen) atoms. The van der Waals surface area contributed by atoms with E-state index >= 15 is 0 Å². The second kappa shape index (κ2) is 42.6. The molecule has 16 heteroatoms. The van der Waals surface area contributed by atoms with Gasteiger partial charge in [0.05, 0.1) is 23.9 Å². The molecule has 2 fully saturated rings. The van der Waals surface area contributed by atoms with Crippen LogP contribution in [-0.2, 0) is 46.3 Å². The van der Waals surface area contributed by atoms with Crippen molar-refractivity contribution >= 4 is 49.7 Å². The summed E-state index contributed by atoms with van der Waals surface area (Å²) in [4.78, 5) is 98.0. The van der Waals surface area contributed by atoms with E-state index in [-0.39, 0.29) is 103 Å². The van der Waals surface area contributed by atoms with Gasteiger partial charge >= 0.3 is 6.09 Å². The van der Waals surface area contributed by atoms with Crippen molar-refractivity contribution in [3.05, 3.63) is 156 Å². The standard InChI is InChI=1S/C47H61N3O5.C32H51N3O3.BH.U/c1-32(2)28-34(5)24-25-36(30-35-16-7-6-8-17-35)46(53)50-27-15-23-43(50)45(52)49-42(44(51)29-33(3)4)22-13-14-26-48-47(54)55-31-41-39-20-11-9-18-37(39)38-19-10-12-21-40(38)41;1-23(2)20-25(5)16-17-27(22-26-12-7-6-8-13-26)32(38)35-19-11-15-29(35)31(37)34-28(14-9-10-18-33)30(36)21-24(3)4;;/h6-12,16-21,24-25,32-34,36,41-43H,13-15,22-23,26-31H2,1-5H3,(H,48,54)(H,49,52);6-8,12-13,16-17,23-25,27-29H,9-11,14-15,18-22,33H2,1-5H3,(H,34,37);1H;/b25-24+;17-16+;;/t34-,36-,42+,43+;25-,27-,28+,29+;;/m11../s1/i;;1D;. The quantitative estimate of drug-likeness (QED) is 0.0197. The molecule has 8 atom stereocenters. The van der Waals surface area contributed by atoms with Crippen molar-refractivity contribution < 1.29 is 69.4 Å². The number of ketones is 2. The Morgan fingerprint density at radius 3 is 1.35 bits per heavy atom. The fourth-order valence-corrected chi connectivity index (χ4v) is 13.6. The summed E-state index contributed by atoms with van der Waals surface area (Å²) in [6.07, 6.45) is 18.6. The van der Waals surface area contributed by atoms with Crippen molar-refractivity contribution in [1.29, 1.82) is 1.34 Å². The van der Waals surface area contributed by atoms with Gasteiger partial charge in [-0.25, -0.2) is 4.79 Å². The maximum atomic E-state index is 14.2. The smallest absolute Gasteiger partial charge is 0.407 e. The number of likely N-dealkylation sites (tertiary alicyclic amines) is 2. The summed E-state index contributed by atoms with van der Waals surface area (Å²) in [5.74, 6) is 1.04. The Kier molecular flexibility index (Phi) is 35.7. The van der Waals surface area contributed by atoms with E-state index in [0.29, 0.717) is 114 Å². The molecule has 5 amide bonds. The number of Topliss-reactive ketones (excluding diaryl/α,β-unsaturated/α-hetero) is 2. The summed E-state index contributed by atoms with van der Waals surface area (Å²) in [5, 5.41) is 8.96. The van der Waals surface area contributed by atoms with Crippen molar-refractivity contribution in [3.63, 3.8) is 0 Å². The molecule has 14 nitrogen and oxygen atoms in total. The summed E-state index contributed by atoms with van der Waals surface area (Å²) < 4.78 is 10.9. The van der Waals surface area contributed by atoms with Gasteiger partial charge in [-0.1, -0.05) is 203 Å². The Hall–Kier alpha value is -6.07. The molecule has 0 unspecified atom stereocenters. The monoisotopic (exact) mass is 1520 g/mol. The largest absolute Gasteiger partial charge is 0.449 e. The maximum absolute atomic E-state index is 14.2. The van der Waals surface area contributed by atoms with Crippen molar-refractivity contribution in [2.24, 2.45) is 53.1 Å². The number of allylic oxidation sites excluding steroid dienone is 2. The Morgan fingerprint density at radius 2 is 0.947 bits per heavy atom. The minimum Gasteiger partial charge on any atom is -0.449 e. The first-order valence-electron chi connectivity index (χ1n) is 35.7. The van der Waals surface area contributed by atoms with E-state index in [1.54, 1.807) is 9.80 Å². The van der Waals surface area contributed by atoms with Crippen molar-refractivity contribution in [3.8, 4) is 11.1 Å². The van der Waals surface area contributed by atoms with E-state index in [9.17, 15) is 33.6 Å². The third-order valence-corrected chi connectivity index (χ3v) is 18.0. The van der Waals surface area contributed by atoms with Gasteiger partial charge in [0.25, 0.3) is 0 Å². The molecule has 0 saturated carbocycles.